The molecule has 1 aromatic carbocycles. The van der Waals surface area contributed by atoms with Crippen LogP contribution in [0.5, 0.6) is 5.75 Å². The largest absolute Gasteiger partial charge is 0.573 e. The highest BCUT2D eigenvalue weighted by atomic mass is 19.4. The number of nitrogens with two attached hydrogens (primary N) is 1. The Morgan fingerprint density at radius 3 is 2.58 bits per heavy atom. The molecule has 4 heterocycles. The summed E-state index contributed by atoms with van der Waals surface area (Å²) >= 11 is 0. The Morgan fingerprint density at radius 1 is 1.18 bits per heavy atom. The van der Waals surface area contributed by atoms with Crippen LogP contribution >= 0.6 is 0 Å². The smallest absolute Gasteiger partial charge is 0.406 e. The second-order valence-corrected chi connectivity index (χ2v) is 9.88. The third-order valence-electron chi connectivity index (χ3n) is 7.30. The number of carbonyl (C=O) groups is 1. The summed E-state index contributed by atoms with van der Waals surface area (Å²) in [7, 11) is 1.86. The number of piperidine rings is 2. The Kier molecular flexibility index (Phi) is 6.88. The zero-order valence-electron chi connectivity index (χ0n) is 20.6. The quantitative estimate of drug-likeness (QED) is 0.379. The lowest BCUT2D eigenvalue weighted by atomic mass is 9.88. The lowest BCUT2D eigenvalue weighted by Crippen LogP contribution is -2.38. The molecular weight excluding hydrogens is 511 g/mol. The number of ether oxygens (including phenoxy) is 1. The molecule has 0 aliphatic carbocycles. The van der Waals surface area contributed by atoms with Gasteiger partial charge < -0.3 is 25.3 Å². The number of halogens is 5. The molecule has 2 atom stereocenters. The van der Waals surface area contributed by atoms with Crippen LogP contribution in [0.3, 0.4) is 0 Å². The van der Waals surface area contributed by atoms with Crippen molar-refractivity contribution in [2.75, 3.05) is 39.0 Å². The molecule has 38 heavy (non-hydrogen) atoms. The monoisotopic (exact) mass is 538 g/mol. The van der Waals surface area contributed by atoms with Gasteiger partial charge in [-0.25, -0.2) is 18.7 Å². The first-order valence-corrected chi connectivity index (χ1v) is 12.3. The minimum atomic E-state index is -4.87. The Labute approximate surface area is 215 Å². The van der Waals surface area contributed by atoms with E-state index in [4.69, 9.17) is 5.73 Å². The van der Waals surface area contributed by atoms with Crippen LogP contribution in [0.1, 0.15) is 52.8 Å². The number of nitrogen functional groups attached to an aromatic ring is 1. The maximum absolute atomic E-state index is 15.0. The van der Waals surface area contributed by atoms with E-state index in [0.29, 0.717) is 48.4 Å². The Hall–Kier alpha value is -3.48. The number of hydrogen-bond donors (Lipinski definition) is 2. The highest BCUT2D eigenvalue weighted by Gasteiger charge is 2.34. The number of fused-ring (bicyclic) bond motifs is 1. The topological polar surface area (TPSA) is 100 Å². The van der Waals surface area contributed by atoms with Crippen LogP contribution in [-0.2, 0) is 0 Å². The minimum absolute atomic E-state index is 0.0614. The Balaban J connectivity index is 1.31. The van der Waals surface area contributed by atoms with E-state index < -0.39 is 35.9 Å². The number of likely N-dealkylation sites (tertiary alicyclic amines) is 2. The standard InChI is InChI=1S/C25H27F5N6O2/c1-35-7-6-15(18(27)12-35)22-33-21-20(17(26)11-32-23(21)34-22)13-4-8-36(9-5-13)24(37)16-3-2-14(10-19(16)31)38-25(28,29)30/h2-3,10-11,13,15,18H,4-9,12,31H2,1H3,(H,32,33,34). The lowest BCUT2D eigenvalue weighted by Gasteiger charge is -2.32. The number of pyridine rings is 1. The number of aromatic nitrogens is 3. The average molecular weight is 539 g/mol. The van der Waals surface area contributed by atoms with Crippen molar-refractivity contribution >= 4 is 22.8 Å². The number of carbonyl (C=O) groups excluding carboxylic acids is 1. The van der Waals surface area contributed by atoms with Gasteiger partial charge in [0.25, 0.3) is 5.91 Å². The minimum Gasteiger partial charge on any atom is -0.406 e. The van der Waals surface area contributed by atoms with E-state index in [9.17, 15) is 22.4 Å². The third-order valence-corrected chi connectivity index (χ3v) is 7.30. The van der Waals surface area contributed by atoms with Crippen LogP contribution in [0.2, 0.25) is 0 Å². The number of H-pyrrole nitrogens is 1. The molecule has 2 aliphatic heterocycles. The molecule has 2 aliphatic rings. The van der Waals surface area contributed by atoms with Crippen LogP contribution in [0.15, 0.2) is 24.4 Å². The number of imidazole rings is 1. The average Bonchev–Trinajstić information content (AvgIpc) is 3.26. The molecule has 2 fully saturated rings. The van der Waals surface area contributed by atoms with E-state index in [-0.39, 0.29) is 30.3 Å². The molecule has 0 saturated carbocycles. The SMILES string of the molecule is CN1CCC(c2nc3c(C4CCN(C(=O)c5ccc(OC(F)(F)F)cc5N)CC4)c(F)cnc3[nH]2)C(F)C1. The van der Waals surface area contributed by atoms with Crippen molar-refractivity contribution in [2.45, 2.75) is 43.6 Å². The van der Waals surface area contributed by atoms with Gasteiger partial charge in [0.1, 0.15) is 29.1 Å². The number of alkyl halides is 4. The fraction of sp³-hybridized carbons (Fsp3) is 0.480. The molecule has 3 N–H and O–H groups in total. The number of nitrogens with one attached hydrogen (secondary N) is 1. The number of anilines is 1. The predicted molar refractivity (Wildman–Crippen MR) is 129 cm³/mol. The van der Waals surface area contributed by atoms with Crippen molar-refractivity contribution < 1.29 is 31.5 Å². The molecule has 5 rings (SSSR count). The fourth-order valence-corrected chi connectivity index (χ4v) is 5.37. The van der Waals surface area contributed by atoms with Crippen molar-refractivity contribution in [2.24, 2.45) is 0 Å². The molecule has 204 valence electrons. The number of aromatic amines is 1. The van der Waals surface area contributed by atoms with Crippen molar-refractivity contribution in [3.63, 3.8) is 0 Å². The molecule has 0 radical (unpaired) electrons. The van der Waals surface area contributed by atoms with Gasteiger partial charge in [0.15, 0.2) is 5.65 Å². The molecule has 3 aromatic rings. The molecule has 2 saturated heterocycles. The first kappa shape index (κ1) is 26.1. The van der Waals surface area contributed by atoms with E-state index in [2.05, 4.69) is 19.7 Å². The van der Waals surface area contributed by atoms with Crippen LogP contribution in [-0.4, -0.2) is 76.4 Å². The summed E-state index contributed by atoms with van der Waals surface area (Å²) in [5.74, 6) is -1.67. The first-order valence-electron chi connectivity index (χ1n) is 12.3. The van der Waals surface area contributed by atoms with Crippen molar-refractivity contribution in [3.05, 3.63) is 47.2 Å². The molecule has 8 nitrogen and oxygen atoms in total. The van der Waals surface area contributed by atoms with Gasteiger partial charge in [0.2, 0.25) is 0 Å². The van der Waals surface area contributed by atoms with Crippen LogP contribution in [0.25, 0.3) is 11.2 Å². The second-order valence-electron chi connectivity index (χ2n) is 9.88. The number of nitrogens with zero attached hydrogens (tertiary/aromatic N) is 4. The zero-order valence-corrected chi connectivity index (χ0v) is 20.6. The van der Waals surface area contributed by atoms with Gasteiger partial charge in [-0.2, -0.15) is 0 Å². The number of benzene rings is 1. The molecule has 0 bridgehead atoms. The van der Waals surface area contributed by atoms with Gasteiger partial charge in [0.05, 0.1) is 17.7 Å². The van der Waals surface area contributed by atoms with Gasteiger partial charge in [0, 0.05) is 37.0 Å². The normalized spacial score (nSPS) is 21.7. The van der Waals surface area contributed by atoms with Gasteiger partial charge in [-0.3, -0.25) is 4.79 Å². The lowest BCUT2D eigenvalue weighted by molar-refractivity contribution is -0.274. The predicted octanol–water partition coefficient (Wildman–Crippen LogP) is 4.35. The van der Waals surface area contributed by atoms with Crippen LogP contribution < -0.4 is 10.5 Å². The summed E-state index contributed by atoms with van der Waals surface area (Å²) in [6.45, 7) is 1.59. The summed E-state index contributed by atoms with van der Waals surface area (Å²) < 4.78 is 71.0. The molecular formula is C25H27F5N6O2. The Morgan fingerprint density at radius 2 is 1.92 bits per heavy atom. The van der Waals surface area contributed by atoms with Crippen molar-refractivity contribution in [1.82, 2.24) is 24.8 Å². The van der Waals surface area contributed by atoms with Crippen molar-refractivity contribution in [3.8, 4) is 5.75 Å². The van der Waals surface area contributed by atoms with Gasteiger partial charge in [-0.15, -0.1) is 13.2 Å². The molecule has 0 spiro atoms. The van der Waals surface area contributed by atoms with Gasteiger partial charge >= 0.3 is 6.36 Å². The van der Waals surface area contributed by atoms with E-state index in [1.54, 1.807) is 0 Å². The molecule has 2 unspecified atom stereocenters. The van der Waals surface area contributed by atoms with E-state index in [0.717, 1.165) is 24.9 Å². The number of rotatable bonds is 4. The molecule has 13 heteroatoms. The van der Waals surface area contributed by atoms with E-state index in [1.165, 1.54) is 11.0 Å². The first-order chi connectivity index (χ1) is 18.0. The highest BCUT2D eigenvalue weighted by molar-refractivity contribution is 5.99. The van der Waals surface area contributed by atoms with E-state index >= 15 is 4.39 Å². The van der Waals surface area contributed by atoms with Gasteiger partial charge in [-0.1, -0.05) is 0 Å². The Bertz CT molecular complexity index is 1340. The van der Waals surface area contributed by atoms with Crippen LogP contribution in [0.4, 0.5) is 27.6 Å². The molecule has 1 amide bonds. The maximum Gasteiger partial charge on any atom is 0.573 e. The summed E-state index contributed by atoms with van der Waals surface area (Å²) in [5.41, 5.74) is 6.93. The summed E-state index contributed by atoms with van der Waals surface area (Å²) in [6, 6.07) is 3.19. The summed E-state index contributed by atoms with van der Waals surface area (Å²) in [6.07, 6.45) is -3.40. The fourth-order valence-electron chi connectivity index (χ4n) is 5.37. The van der Waals surface area contributed by atoms with E-state index in [1.807, 2.05) is 11.9 Å². The van der Waals surface area contributed by atoms with Crippen molar-refractivity contribution in [1.29, 1.82) is 0 Å². The second kappa shape index (κ2) is 10.0. The van der Waals surface area contributed by atoms with Gasteiger partial charge in [-0.05, 0) is 50.9 Å². The summed E-state index contributed by atoms with van der Waals surface area (Å²) in [4.78, 5) is 28.3. The molecule has 2 aromatic heterocycles. The highest BCUT2D eigenvalue weighted by Crippen LogP contribution is 2.36. The zero-order chi connectivity index (χ0) is 27.2. The number of hydrogen-bond acceptors (Lipinski definition) is 6. The van der Waals surface area contributed by atoms with Crippen LogP contribution in [0, 0.1) is 5.82 Å². The summed E-state index contributed by atoms with van der Waals surface area (Å²) in [5, 5.41) is 0. The third kappa shape index (κ3) is 5.24. The number of amides is 1. The maximum atomic E-state index is 15.0.